The summed E-state index contributed by atoms with van der Waals surface area (Å²) in [6.45, 7) is 0.913. The maximum absolute atomic E-state index is 10.3. The van der Waals surface area contributed by atoms with E-state index in [0.717, 1.165) is 11.1 Å². The molecule has 0 saturated carbocycles. The van der Waals surface area contributed by atoms with Crippen molar-refractivity contribution >= 4 is 0 Å². The Bertz CT molecular complexity index is 477. The second-order valence-electron chi connectivity index (χ2n) is 4.54. The summed E-state index contributed by atoms with van der Waals surface area (Å²) in [5, 5.41) is 4.16. The summed E-state index contributed by atoms with van der Waals surface area (Å²) < 4.78 is 5.95. The van der Waals surface area contributed by atoms with Crippen LogP contribution in [0.3, 0.4) is 0 Å². The first-order valence-corrected chi connectivity index (χ1v) is 6.57. The van der Waals surface area contributed by atoms with E-state index in [2.05, 4.69) is 5.29 Å². The Hall–Kier alpha value is -2.20. The lowest BCUT2D eigenvalue weighted by molar-refractivity contribution is 0.0650. The summed E-state index contributed by atoms with van der Waals surface area (Å²) >= 11 is 0. The normalized spacial score (nSPS) is 10.5. The maximum Gasteiger partial charge on any atom is 0.108 e. The zero-order chi connectivity index (χ0) is 14.2. The molecule has 0 atom stereocenters. The van der Waals surface area contributed by atoms with Gasteiger partial charge in [0.25, 0.3) is 0 Å². The fourth-order valence-corrected chi connectivity index (χ4v) is 1.98. The van der Waals surface area contributed by atoms with Crippen LogP contribution in [0.2, 0.25) is 0 Å². The minimum absolute atomic E-state index is 0.127. The van der Waals surface area contributed by atoms with Gasteiger partial charge in [-0.1, -0.05) is 60.7 Å². The molecule has 4 nitrogen and oxygen atoms in total. The van der Waals surface area contributed by atoms with E-state index in [1.54, 1.807) is 7.05 Å². The molecule has 0 radical (unpaired) electrons. The third kappa shape index (κ3) is 3.90. The van der Waals surface area contributed by atoms with Crippen molar-refractivity contribution in [2.45, 2.75) is 6.10 Å². The van der Waals surface area contributed by atoms with Gasteiger partial charge >= 0.3 is 0 Å². The van der Waals surface area contributed by atoms with E-state index in [0.29, 0.717) is 13.2 Å². The van der Waals surface area contributed by atoms with Crippen molar-refractivity contribution < 1.29 is 4.74 Å². The highest BCUT2D eigenvalue weighted by molar-refractivity contribution is 5.29. The predicted molar refractivity (Wildman–Crippen MR) is 79.1 cm³/mol. The Labute approximate surface area is 118 Å². The summed E-state index contributed by atoms with van der Waals surface area (Å²) in [6, 6.07) is 20.1. The van der Waals surface area contributed by atoms with E-state index in [1.807, 2.05) is 60.7 Å². The Morgan fingerprint density at radius 2 is 1.50 bits per heavy atom. The van der Waals surface area contributed by atoms with Crippen molar-refractivity contribution in [2.24, 2.45) is 5.29 Å². The van der Waals surface area contributed by atoms with E-state index in [-0.39, 0.29) is 6.10 Å². The fourth-order valence-electron chi connectivity index (χ4n) is 1.98. The zero-order valence-corrected chi connectivity index (χ0v) is 11.5. The van der Waals surface area contributed by atoms with Gasteiger partial charge in [-0.3, -0.25) is 5.01 Å². The monoisotopic (exact) mass is 270 g/mol. The van der Waals surface area contributed by atoms with Crippen molar-refractivity contribution in [1.82, 2.24) is 5.01 Å². The molecule has 0 aromatic heterocycles. The molecule has 0 N–H and O–H groups in total. The van der Waals surface area contributed by atoms with Crippen LogP contribution in [0.25, 0.3) is 0 Å². The number of benzene rings is 2. The Morgan fingerprint density at radius 3 is 1.95 bits per heavy atom. The fraction of sp³-hybridized carbons (Fsp3) is 0.250. The molecule has 0 unspecified atom stereocenters. The van der Waals surface area contributed by atoms with E-state index in [1.165, 1.54) is 5.01 Å². The molecule has 0 bridgehead atoms. The quantitative estimate of drug-likeness (QED) is 0.572. The van der Waals surface area contributed by atoms with Crippen molar-refractivity contribution in [2.75, 3.05) is 20.2 Å². The molecule has 2 aromatic carbocycles. The Morgan fingerprint density at radius 1 is 1.00 bits per heavy atom. The average Bonchev–Trinajstić information content (AvgIpc) is 2.53. The largest absolute Gasteiger partial charge is 0.367 e. The van der Waals surface area contributed by atoms with Gasteiger partial charge in [0.05, 0.1) is 18.4 Å². The van der Waals surface area contributed by atoms with Crippen LogP contribution in [0.5, 0.6) is 0 Å². The molecule has 0 aliphatic rings. The van der Waals surface area contributed by atoms with Gasteiger partial charge in [-0.2, -0.15) is 0 Å². The van der Waals surface area contributed by atoms with Gasteiger partial charge in [0.1, 0.15) is 6.10 Å². The third-order valence-corrected chi connectivity index (χ3v) is 3.04. The van der Waals surface area contributed by atoms with Crippen LogP contribution in [0.15, 0.2) is 65.9 Å². The van der Waals surface area contributed by atoms with Crippen LogP contribution in [-0.2, 0) is 4.74 Å². The highest BCUT2D eigenvalue weighted by Gasteiger charge is 2.14. The van der Waals surface area contributed by atoms with Gasteiger partial charge in [-0.05, 0) is 11.1 Å². The van der Waals surface area contributed by atoms with Gasteiger partial charge in [0.15, 0.2) is 0 Å². The number of rotatable bonds is 7. The second-order valence-corrected chi connectivity index (χ2v) is 4.54. The van der Waals surface area contributed by atoms with Gasteiger partial charge in [0.2, 0.25) is 0 Å². The number of nitrogens with zero attached hydrogens (tertiary/aromatic N) is 2. The molecule has 0 heterocycles. The molecule has 104 valence electrons. The summed E-state index contributed by atoms with van der Waals surface area (Å²) in [4.78, 5) is 10.3. The van der Waals surface area contributed by atoms with E-state index in [4.69, 9.17) is 4.74 Å². The van der Waals surface area contributed by atoms with Gasteiger partial charge < -0.3 is 4.74 Å². The van der Waals surface area contributed by atoms with Crippen LogP contribution < -0.4 is 0 Å². The van der Waals surface area contributed by atoms with Crippen LogP contribution in [0.1, 0.15) is 17.2 Å². The standard InChI is InChI=1S/C16H18N2O2/c1-18(17-19)12-13-20-16(14-8-4-2-5-9-14)15-10-6-3-7-11-15/h2-11,16H,12-13H2,1H3. The van der Waals surface area contributed by atoms with E-state index >= 15 is 0 Å². The molecule has 2 rings (SSSR count). The Balaban J connectivity index is 2.11. The molecule has 0 saturated heterocycles. The predicted octanol–water partition coefficient (Wildman–Crippen LogP) is 3.41. The van der Waals surface area contributed by atoms with Crippen molar-refractivity contribution in [3.8, 4) is 0 Å². The lowest BCUT2D eigenvalue weighted by atomic mass is 10.0. The molecule has 0 fully saturated rings. The number of hydrogen-bond donors (Lipinski definition) is 0. The summed E-state index contributed by atoms with van der Waals surface area (Å²) in [7, 11) is 1.64. The second kappa shape index (κ2) is 7.40. The Kier molecular flexibility index (Phi) is 5.26. The summed E-state index contributed by atoms with van der Waals surface area (Å²) in [6.07, 6.45) is -0.127. The number of hydrogen-bond acceptors (Lipinski definition) is 3. The first-order chi connectivity index (χ1) is 9.81. The first-order valence-electron chi connectivity index (χ1n) is 6.57. The molecule has 0 amide bonds. The minimum atomic E-state index is -0.127. The van der Waals surface area contributed by atoms with Crippen LogP contribution in [0, 0.1) is 4.91 Å². The van der Waals surface area contributed by atoms with Crippen LogP contribution in [-0.4, -0.2) is 25.2 Å². The maximum atomic E-state index is 10.3. The summed E-state index contributed by atoms with van der Waals surface area (Å²) in [5.74, 6) is 0. The van der Waals surface area contributed by atoms with Gasteiger partial charge in [-0.15, -0.1) is 4.91 Å². The smallest absolute Gasteiger partial charge is 0.108 e. The van der Waals surface area contributed by atoms with Gasteiger partial charge in [0, 0.05) is 7.05 Å². The SMILES string of the molecule is CN(CCOC(c1ccccc1)c1ccccc1)N=O. The topological polar surface area (TPSA) is 41.9 Å². The molecule has 4 heteroatoms. The number of nitroso groups, excluding NO2 is 1. The van der Waals surface area contributed by atoms with E-state index < -0.39 is 0 Å². The molecular formula is C16H18N2O2. The zero-order valence-electron chi connectivity index (χ0n) is 11.5. The molecule has 0 aliphatic heterocycles. The molecular weight excluding hydrogens is 252 g/mol. The first kappa shape index (κ1) is 14.2. The molecule has 0 aliphatic carbocycles. The lowest BCUT2D eigenvalue weighted by Gasteiger charge is -2.20. The van der Waals surface area contributed by atoms with Crippen LogP contribution >= 0.6 is 0 Å². The molecule has 20 heavy (non-hydrogen) atoms. The minimum Gasteiger partial charge on any atom is -0.367 e. The van der Waals surface area contributed by atoms with E-state index in [9.17, 15) is 4.91 Å². The average molecular weight is 270 g/mol. The van der Waals surface area contributed by atoms with Crippen molar-refractivity contribution in [1.29, 1.82) is 0 Å². The lowest BCUT2D eigenvalue weighted by Crippen LogP contribution is -2.19. The highest BCUT2D eigenvalue weighted by atomic mass is 16.5. The van der Waals surface area contributed by atoms with Crippen LogP contribution in [0.4, 0.5) is 0 Å². The number of likely N-dealkylation sites (N-methyl/N-ethyl adjacent to an activating group) is 1. The molecule has 0 spiro atoms. The molecule has 2 aromatic rings. The van der Waals surface area contributed by atoms with Gasteiger partial charge in [-0.25, -0.2) is 0 Å². The third-order valence-electron chi connectivity index (χ3n) is 3.04. The van der Waals surface area contributed by atoms with Crippen molar-refractivity contribution in [3.05, 3.63) is 76.7 Å². The summed E-state index contributed by atoms with van der Waals surface area (Å²) in [5.41, 5.74) is 2.20. The van der Waals surface area contributed by atoms with Crippen molar-refractivity contribution in [3.63, 3.8) is 0 Å². The highest BCUT2D eigenvalue weighted by Crippen LogP contribution is 2.25. The number of ether oxygens (including phenoxy) is 1.